The average Bonchev–Trinajstić information content (AvgIpc) is 3.39. The molecular formula is C20H32O4. The van der Waals surface area contributed by atoms with Crippen LogP contribution in [0.25, 0.3) is 0 Å². The van der Waals surface area contributed by atoms with Gasteiger partial charge in [-0.25, -0.2) is 0 Å². The molecule has 4 heteroatoms. The van der Waals surface area contributed by atoms with Gasteiger partial charge >= 0.3 is 0 Å². The van der Waals surface area contributed by atoms with Gasteiger partial charge in [-0.1, -0.05) is 19.9 Å². The summed E-state index contributed by atoms with van der Waals surface area (Å²) in [6.07, 6.45) is 4.86. The highest BCUT2D eigenvalue weighted by Crippen LogP contribution is 2.32. The Hall–Kier alpha value is -1.26. The van der Waals surface area contributed by atoms with Crippen molar-refractivity contribution >= 4 is 0 Å². The number of epoxide rings is 1. The standard InChI is InChI=1S/C20H32O4/c1-15(2)17(7-8-18-14-24-18)12-16-6-9-19(22-4)20(13-16)23-11-5-10-21-3/h6,9,13,15,17-18H,5,7-8,10-12,14H2,1-4H3. The van der Waals surface area contributed by atoms with Gasteiger partial charge in [0.05, 0.1) is 26.4 Å². The summed E-state index contributed by atoms with van der Waals surface area (Å²) in [5.74, 6) is 2.96. The van der Waals surface area contributed by atoms with Crippen molar-refractivity contribution in [3.63, 3.8) is 0 Å². The fraction of sp³-hybridized carbons (Fsp3) is 0.700. The molecule has 0 amide bonds. The van der Waals surface area contributed by atoms with Crippen LogP contribution in [0.4, 0.5) is 0 Å². The summed E-state index contributed by atoms with van der Waals surface area (Å²) in [6.45, 7) is 6.92. The molecule has 2 rings (SSSR count). The van der Waals surface area contributed by atoms with Gasteiger partial charge in [-0.15, -0.1) is 0 Å². The highest BCUT2D eigenvalue weighted by Gasteiger charge is 2.25. The van der Waals surface area contributed by atoms with Crippen molar-refractivity contribution in [2.45, 2.75) is 45.6 Å². The smallest absolute Gasteiger partial charge is 0.161 e. The van der Waals surface area contributed by atoms with E-state index in [9.17, 15) is 0 Å². The van der Waals surface area contributed by atoms with Gasteiger partial charge in [0.25, 0.3) is 0 Å². The van der Waals surface area contributed by atoms with E-state index < -0.39 is 0 Å². The van der Waals surface area contributed by atoms with E-state index >= 15 is 0 Å². The van der Waals surface area contributed by atoms with E-state index in [4.69, 9.17) is 18.9 Å². The summed E-state index contributed by atoms with van der Waals surface area (Å²) >= 11 is 0. The normalized spacial score (nSPS) is 17.8. The van der Waals surface area contributed by atoms with Crippen molar-refractivity contribution < 1.29 is 18.9 Å². The molecule has 0 saturated carbocycles. The molecule has 136 valence electrons. The Morgan fingerprint density at radius 1 is 1.17 bits per heavy atom. The molecule has 1 saturated heterocycles. The molecule has 0 bridgehead atoms. The van der Waals surface area contributed by atoms with Crippen LogP contribution in [0.2, 0.25) is 0 Å². The van der Waals surface area contributed by atoms with Gasteiger partial charge in [-0.3, -0.25) is 0 Å². The Balaban J connectivity index is 1.96. The molecule has 1 aromatic carbocycles. The Labute approximate surface area is 146 Å². The highest BCUT2D eigenvalue weighted by atomic mass is 16.6. The van der Waals surface area contributed by atoms with Crippen molar-refractivity contribution in [3.8, 4) is 11.5 Å². The predicted molar refractivity (Wildman–Crippen MR) is 96.0 cm³/mol. The third-order valence-corrected chi connectivity index (χ3v) is 4.68. The molecule has 0 radical (unpaired) electrons. The van der Waals surface area contributed by atoms with Crippen molar-refractivity contribution in [2.24, 2.45) is 11.8 Å². The molecule has 2 unspecified atom stereocenters. The number of methoxy groups -OCH3 is 2. The topological polar surface area (TPSA) is 40.2 Å². The third kappa shape index (κ3) is 6.33. The van der Waals surface area contributed by atoms with E-state index in [0.29, 0.717) is 31.2 Å². The Bertz CT molecular complexity index is 483. The molecular weight excluding hydrogens is 304 g/mol. The zero-order valence-corrected chi connectivity index (χ0v) is 15.5. The fourth-order valence-electron chi connectivity index (χ4n) is 2.95. The van der Waals surface area contributed by atoms with E-state index in [1.165, 1.54) is 18.4 Å². The number of rotatable bonds is 12. The minimum absolute atomic E-state index is 0.516. The van der Waals surface area contributed by atoms with Crippen LogP contribution < -0.4 is 9.47 Å². The second kappa shape index (κ2) is 9.90. The first-order chi connectivity index (χ1) is 11.6. The first-order valence-electron chi connectivity index (χ1n) is 9.04. The maximum atomic E-state index is 5.90. The van der Waals surface area contributed by atoms with Gasteiger partial charge in [0, 0.05) is 20.1 Å². The summed E-state index contributed by atoms with van der Waals surface area (Å²) in [7, 11) is 3.39. The van der Waals surface area contributed by atoms with E-state index in [-0.39, 0.29) is 0 Å². The molecule has 0 aliphatic carbocycles. The van der Waals surface area contributed by atoms with Crippen molar-refractivity contribution in [1.82, 2.24) is 0 Å². The molecule has 2 atom stereocenters. The minimum Gasteiger partial charge on any atom is -0.493 e. The van der Waals surface area contributed by atoms with Crippen molar-refractivity contribution in [3.05, 3.63) is 23.8 Å². The Kier molecular flexibility index (Phi) is 7.86. The Morgan fingerprint density at radius 2 is 1.96 bits per heavy atom. The van der Waals surface area contributed by atoms with Gasteiger partial charge in [0.1, 0.15) is 0 Å². The number of ether oxygens (including phenoxy) is 4. The van der Waals surface area contributed by atoms with Crippen LogP contribution in [-0.2, 0) is 15.9 Å². The van der Waals surface area contributed by atoms with Crippen LogP contribution in [0.3, 0.4) is 0 Å². The average molecular weight is 336 g/mol. The van der Waals surface area contributed by atoms with Crippen molar-refractivity contribution in [1.29, 1.82) is 0 Å². The third-order valence-electron chi connectivity index (χ3n) is 4.68. The fourth-order valence-corrected chi connectivity index (χ4v) is 2.95. The van der Waals surface area contributed by atoms with E-state index in [2.05, 4.69) is 26.0 Å². The van der Waals surface area contributed by atoms with Crippen LogP contribution in [-0.4, -0.2) is 40.1 Å². The molecule has 0 aromatic heterocycles. The molecule has 24 heavy (non-hydrogen) atoms. The number of hydrogen-bond donors (Lipinski definition) is 0. The lowest BCUT2D eigenvalue weighted by Crippen LogP contribution is -2.13. The van der Waals surface area contributed by atoms with Crippen LogP contribution in [0.1, 0.15) is 38.7 Å². The molecule has 1 aromatic rings. The number of hydrogen-bond acceptors (Lipinski definition) is 4. The maximum absolute atomic E-state index is 5.90. The SMILES string of the molecule is COCCCOc1cc(CC(CCC2CO2)C(C)C)ccc1OC. The zero-order valence-electron chi connectivity index (χ0n) is 15.5. The van der Waals surface area contributed by atoms with Crippen LogP contribution in [0.15, 0.2) is 18.2 Å². The molecule has 1 heterocycles. The summed E-state index contributed by atoms with van der Waals surface area (Å²) in [5.41, 5.74) is 1.31. The van der Waals surface area contributed by atoms with Gasteiger partial charge in [-0.05, 0) is 48.8 Å². The van der Waals surface area contributed by atoms with E-state index in [1.54, 1.807) is 14.2 Å². The second-order valence-electron chi connectivity index (χ2n) is 6.92. The van der Waals surface area contributed by atoms with Gasteiger partial charge in [0.2, 0.25) is 0 Å². The zero-order chi connectivity index (χ0) is 17.4. The summed E-state index contributed by atoms with van der Waals surface area (Å²) < 4.78 is 21.7. The molecule has 1 fully saturated rings. The minimum atomic E-state index is 0.516. The Morgan fingerprint density at radius 3 is 2.58 bits per heavy atom. The van der Waals surface area contributed by atoms with E-state index in [1.807, 2.05) is 6.07 Å². The quantitative estimate of drug-likeness (QED) is 0.425. The predicted octanol–water partition coefficient (Wildman–Crippen LogP) is 4.10. The molecule has 0 N–H and O–H groups in total. The molecule has 0 spiro atoms. The van der Waals surface area contributed by atoms with Gasteiger partial charge in [0.15, 0.2) is 11.5 Å². The summed E-state index contributed by atoms with van der Waals surface area (Å²) in [5, 5.41) is 0. The monoisotopic (exact) mass is 336 g/mol. The van der Waals surface area contributed by atoms with Gasteiger partial charge in [-0.2, -0.15) is 0 Å². The lowest BCUT2D eigenvalue weighted by Gasteiger charge is -2.21. The van der Waals surface area contributed by atoms with Gasteiger partial charge < -0.3 is 18.9 Å². The largest absolute Gasteiger partial charge is 0.493 e. The summed E-state index contributed by atoms with van der Waals surface area (Å²) in [4.78, 5) is 0. The first kappa shape index (κ1) is 19.1. The second-order valence-corrected chi connectivity index (χ2v) is 6.92. The summed E-state index contributed by atoms with van der Waals surface area (Å²) in [6, 6.07) is 6.31. The molecule has 4 nitrogen and oxygen atoms in total. The van der Waals surface area contributed by atoms with Crippen LogP contribution >= 0.6 is 0 Å². The van der Waals surface area contributed by atoms with E-state index in [0.717, 1.165) is 30.9 Å². The first-order valence-corrected chi connectivity index (χ1v) is 9.04. The molecule has 1 aliphatic heterocycles. The van der Waals surface area contributed by atoms with Crippen LogP contribution in [0.5, 0.6) is 11.5 Å². The maximum Gasteiger partial charge on any atom is 0.161 e. The van der Waals surface area contributed by atoms with Crippen LogP contribution in [0, 0.1) is 11.8 Å². The number of benzene rings is 1. The molecule has 1 aliphatic rings. The van der Waals surface area contributed by atoms with Crippen molar-refractivity contribution in [2.75, 3.05) is 34.0 Å². The lowest BCUT2D eigenvalue weighted by atomic mass is 9.85. The lowest BCUT2D eigenvalue weighted by molar-refractivity contribution is 0.170. The highest BCUT2D eigenvalue weighted by molar-refractivity contribution is 5.43.